The smallest absolute Gasteiger partial charge is 0.194 e. The molecule has 5 heteroatoms. The van der Waals surface area contributed by atoms with Crippen LogP contribution in [0.25, 0.3) is 11.1 Å². The first-order valence-electron chi connectivity index (χ1n) is 6.41. The standard InChI is InChI=1S/C15H18N2O2S/c1-2-15(17)20(18,19)14-6-4-3-5-13(14)11-7-9-12(16)10-8-11/h3-10,15H,2,16-17H2,1H3. The fourth-order valence-corrected chi connectivity index (χ4v) is 3.52. The van der Waals surface area contributed by atoms with Gasteiger partial charge in [0.05, 0.1) is 4.90 Å². The molecule has 0 aliphatic heterocycles. The fraction of sp³-hybridized carbons (Fsp3) is 0.200. The molecule has 1 unspecified atom stereocenters. The van der Waals surface area contributed by atoms with Gasteiger partial charge >= 0.3 is 0 Å². The van der Waals surface area contributed by atoms with Gasteiger partial charge in [0, 0.05) is 11.3 Å². The van der Waals surface area contributed by atoms with Gasteiger partial charge in [-0.25, -0.2) is 8.42 Å². The van der Waals surface area contributed by atoms with Crippen LogP contribution in [-0.4, -0.2) is 13.8 Å². The maximum atomic E-state index is 12.5. The van der Waals surface area contributed by atoms with E-state index in [9.17, 15) is 8.42 Å². The maximum Gasteiger partial charge on any atom is 0.194 e. The molecule has 2 aromatic rings. The number of benzene rings is 2. The average Bonchev–Trinajstić information content (AvgIpc) is 2.47. The van der Waals surface area contributed by atoms with E-state index in [1.807, 2.05) is 6.07 Å². The van der Waals surface area contributed by atoms with Gasteiger partial charge in [-0.05, 0) is 30.2 Å². The molecule has 0 amide bonds. The van der Waals surface area contributed by atoms with Crippen molar-refractivity contribution >= 4 is 15.5 Å². The second-order valence-electron chi connectivity index (χ2n) is 4.61. The largest absolute Gasteiger partial charge is 0.399 e. The van der Waals surface area contributed by atoms with Crippen LogP contribution in [0.3, 0.4) is 0 Å². The summed E-state index contributed by atoms with van der Waals surface area (Å²) in [6.07, 6.45) is 0.373. The topological polar surface area (TPSA) is 86.2 Å². The Morgan fingerprint density at radius 2 is 1.65 bits per heavy atom. The lowest BCUT2D eigenvalue weighted by molar-refractivity contribution is 0.578. The number of sulfone groups is 1. The van der Waals surface area contributed by atoms with Crippen molar-refractivity contribution in [2.45, 2.75) is 23.6 Å². The molecule has 2 aromatic carbocycles. The zero-order valence-electron chi connectivity index (χ0n) is 11.3. The predicted molar refractivity (Wildman–Crippen MR) is 81.7 cm³/mol. The van der Waals surface area contributed by atoms with Crippen molar-refractivity contribution in [2.24, 2.45) is 5.73 Å². The molecule has 0 radical (unpaired) electrons. The number of anilines is 1. The molecule has 0 saturated carbocycles. The predicted octanol–water partition coefficient (Wildman–Crippen LogP) is 2.40. The molecule has 20 heavy (non-hydrogen) atoms. The highest BCUT2D eigenvalue weighted by molar-refractivity contribution is 7.92. The highest BCUT2D eigenvalue weighted by Crippen LogP contribution is 2.29. The van der Waals surface area contributed by atoms with Gasteiger partial charge in [0.15, 0.2) is 9.84 Å². The SMILES string of the molecule is CCC(N)S(=O)(=O)c1ccccc1-c1ccc(N)cc1. The quantitative estimate of drug-likeness (QED) is 0.847. The van der Waals surface area contributed by atoms with Crippen molar-refractivity contribution in [3.05, 3.63) is 48.5 Å². The van der Waals surface area contributed by atoms with Crippen LogP contribution < -0.4 is 11.5 Å². The highest BCUT2D eigenvalue weighted by atomic mass is 32.2. The van der Waals surface area contributed by atoms with E-state index in [4.69, 9.17) is 11.5 Å². The number of hydrogen-bond donors (Lipinski definition) is 2. The zero-order valence-corrected chi connectivity index (χ0v) is 12.1. The molecule has 0 bridgehead atoms. The van der Waals surface area contributed by atoms with Gasteiger partial charge in [-0.15, -0.1) is 0 Å². The molecule has 0 aromatic heterocycles. The summed E-state index contributed by atoms with van der Waals surface area (Å²) in [5.41, 5.74) is 13.5. The van der Waals surface area contributed by atoms with Crippen LogP contribution in [0.2, 0.25) is 0 Å². The fourth-order valence-electron chi connectivity index (χ4n) is 2.00. The molecular formula is C15H18N2O2S. The Bertz CT molecular complexity index is 694. The summed E-state index contributed by atoms with van der Waals surface area (Å²) in [7, 11) is -3.53. The van der Waals surface area contributed by atoms with E-state index in [1.165, 1.54) is 0 Å². The third kappa shape index (κ3) is 2.69. The maximum absolute atomic E-state index is 12.5. The van der Waals surface area contributed by atoms with Crippen LogP contribution in [0, 0.1) is 0 Å². The minimum Gasteiger partial charge on any atom is -0.399 e. The second kappa shape index (κ2) is 5.64. The number of rotatable bonds is 4. The van der Waals surface area contributed by atoms with Gasteiger partial charge in [0.25, 0.3) is 0 Å². The molecule has 0 spiro atoms. The molecule has 4 nitrogen and oxygen atoms in total. The van der Waals surface area contributed by atoms with Gasteiger partial charge in [-0.3, -0.25) is 0 Å². The summed E-state index contributed by atoms with van der Waals surface area (Å²) >= 11 is 0. The summed E-state index contributed by atoms with van der Waals surface area (Å²) in [4.78, 5) is 0.263. The Morgan fingerprint density at radius 3 is 2.25 bits per heavy atom. The molecule has 0 fully saturated rings. The van der Waals surface area contributed by atoms with E-state index in [0.717, 1.165) is 5.56 Å². The van der Waals surface area contributed by atoms with E-state index >= 15 is 0 Å². The molecule has 2 rings (SSSR count). The van der Waals surface area contributed by atoms with Gasteiger partial charge < -0.3 is 11.5 Å². The van der Waals surface area contributed by atoms with E-state index in [-0.39, 0.29) is 4.90 Å². The van der Waals surface area contributed by atoms with Crippen molar-refractivity contribution in [1.29, 1.82) is 0 Å². The van der Waals surface area contributed by atoms with Gasteiger partial charge in [-0.2, -0.15) is 0 Å². The monoisotopic (exact) mass is 290 g/mol. The van der Waals surface area contributed by atoms with Crippen molar-refractivity contribution in [1.82, 2.24) is 0 Å². The second-order valence-corrected chi connectivity index (χ2v) is 6.75. The summed E-state index contributed by atoms with van der Waals surface area (Å²) in [5.74, 6) is 0. The first kappa shape index (κ1) is 14.6. The zero-order chi connectivity index (χ0) is 14.8. The van der Waals surface area contributed by atoms with Gasteiger partial charge in [0.1, 0.15) is 5.37 Å². The van der Waals surface area contributed by atoms with Crippen molar-refractivity contribution < 1.29 is 8.42 Å². The Hall–Kier alpha value is -1.85. The number of hydrogen-bond acceptors (Lipinski definition) is 4. The van der Waals surface area contributed by atoms with Gasteiger partial charge in [0.2, 0.25) is 0 Å². The lowest BCUT2D eigenvalue weighted by Crippen LogP contribution is -2.30. The lowest BCUT2D eigenvalue weighted by atomic mass is 10.1. The molecule has 0 heterocycles. The lowest BCUT2D eigenvalue weighted by Gasteiger charge is -2.15. The normalized spacial score (nSPS) is 13.1. The third-order valence-corrected chi connectivity index (χ3v) is 5.32. The van der Waals surface area contributed by atoms with Crippen molar-refractivity contribution in [2.75, 3.05) is 5.73 Å². The molecule has 0 aliphatic carbocycles. The Labute approximate surface area is 119 Å². The van der Waals surface area contributed by atoms with Crippen LogP contribution in [0.15, 0.2) is 53.4 Å². The molecular weight excluding hydrogens is 272 g/mol. The highest BCUT2D eigenvalue weighted by Gasteiger charge is 2.25. The Kier molecular flexibility index (Phi) is 4.11. The summed E-state index contributed by atoms with van der Waals surface area (Å²) < 4.78 is 24.9. The molecule has 0 saturated heterocycles. The van der Waals surface area contributed by atoms with Gasteiger partial charge in [-0.1, -0.05) is 37.3 Å². The molecule has 106 valence electrons. The first-order chi connectivity index (χ1) is 9.46. The van der Waals surface area contributed by atoms with Crippen LogP contribution in [-0.2, 0) is 9.84 Å². The van der Waals surface area contributed by atoms with Crippen LogP contribution in [0.5, 0.6) is 0 Å². The van der Waals surface area contributed by atoms with E-state index < -0.39 is 15.2 Å². The van der Waals surface area contributed by atoms with Crippen LogP contribution >= 0.6 is 0 Å². The summed E-state index contributed by atoms with van der Waals surface area (Å²) in [5, 5.41) is -0.891. The Balaban J connectivity index is 2.60. The molecule has 1 atom stereocenters. The minimum absolute atomic E-state index is 0.263. The number of nitrogen functional groups attached to an aromatic ring is 1. The molecule has 4 N–H and O–H groups in total. The summed E-state index contributed by atoms with van der Waals surface area (Å²) in [6.45, 7) is 1.76. The minimum atomic E-state index is -3.53. The first-order valence-corrected chi connectivity index (χ1v) is 7.96. The van der Waals surface area contributed by atoms with Crippen molar-refractivity contribution in [3.63, 3.8) is 0 Å². The average molecular weight is 290 g/mol. The van der Waals surface area contributed by atoms with E-state index in [1.54, 1.807) is 49.4 Å². The van der Waals surface area contributed by atoms with Crippen LogP contribution in [0.4, 0.5) is 5.69 Å². The Morgan fingerprint density at radius 1 is 1.05 bits per heavy atom. The summed E-state index contributed by atoms with van der Waals surface area (Å²) in [6, 6.07) is 14.0. The van der Waals surface area contributed by atoms with E-state index in [2.05, 4.69) is 0 Å². The van der Waals surface area contributed by atoms with E-state index in [0.29, 0.717) is 17.7 Å². The molecule has 0 aliphatic rings. The van der Waals surface area contributed by atoms with Crippen LogP contribution in [0.1, 0.15) is 13.3 Å². The number of nitrogens with two attached hydrogens (primary N) is 2. The van der Waals surface area contributed by atoms with Crippen molar-refractivity contribution in [3.8, 4) is 11.1 Å². The third-order valence-electron chi connectivity index (χ3n) is 3.22.